The molecular formula is C11H11ClN2O. The molecule has 78 valence electrons. The van der Waals surface area contributed by atoms with Crippen molar-refractivity contribution >= 4 is 22.5 Å². The molecule has 4 heteroatoms. The molecule has 3 N–H and O–H groups in total. The van der Waals surface area contributed by atoms with E-state index in [4.69, 9.17) is 17.3 Å². The Hall–Kier alpha value is -1.16. The Balaban J connectivity index is 2.74. The summed E-state index contributed by atoms with van der Waals surface area (Å²) < 4.78 is 0. The van der Waals surface area contributed by atoms with Gasteiger partial charge in [0.1, 0.15) is 0 Å². The van der Waals surface area contributed by atoms with Crippen molar-refractivity contribution in [2.45, 2.75) is 6.10 Å². The Morgan fingerprint density at radius 2 is 2.20 bits per heavy atom. The molecule has 3 nitrogen and oxygen atoms in total. The molecule has 2 rings (SSSR count). The third kappa shape index (κ3) is 1.81. The van der Waals surface area contributed by atoms with Gasteiger partial charge in [0.15, 0.2) is 0 Å². The summed E-state index contributed by atoms with van der Waals surface area (Å²) in [5, 5.41) is 11.2. The van der Waals surface area contributed by atoms with Gasteiger partial charge in [0.25, 0.3) is 0 Å². The Bertz CT molecular complexity index is 487. The quantitative estimate of drug-likeness (QED) is 0.816. The van der Waals surface area contributed by atoms with Gasteiger partial charge < -0.3 is 10.8 Å². The number of halogens is 1. The molecule has 0 unspecified atom stereocenters. The van der Waals surface area contributed by atoms with E-state index < -0.39 is 6.10 Å². The third-order valence-electron chi connectivity index (χ3n) is 2.32. The lowest BCUT2D eigenvalue weighted by atomic mass is 10.0. The molecule has 0 aliphatic carbocycles. The number of benzene rings is 1. The first-order valence-corrected chi connectivity index (χ1v) is 5.03. The second-order valence-electron chi connectivity index (χ2n) is 3.29. The van der Waals surface area contributed by atoms with Crippen molar-refractivity contribution in [3.63, 3.8) is 0 Å². The van der Waals surface area contributed by atoms with E-state index in [-0.39, 0.29) is 6.54 Å². The molecule has 0 spiro atoms. The van der Waals surface area contributed by atoms with Gasteiger partial charge in [-0.3, -0.25) is 4.98 Å². The largest absolute Gasteiger partial charge is 0.387 e. The molecule has 0 amide bonds. The maximum atomic E-state index is 9.76. The number of rotatable bonds is 2. The van der Waals surface area contributed by atoms with Crippen LogP contribution in [0.5, 0.6) is 0 Å². The van der Waals surface area contributed by atoms with E-state index in [0.29, 0.717) is 16.1 Å². The Labute approximate surface area is 92.5 Å². The Kier molecular flexibility index (Phi) is 2.86. The molecule has 0 aliphatic rings. The number of aliphatic hydroxyl groups is 1. The number of fused-ring (bicyclic) bond motifs is 1. The van der Waals surface area contributed by atoms with Gasteiger partial charge >= 0.3 is 0 Å². The van der Waals surface area contributed by atoms with Gasteiger partial charge in [-0.2, -0.15) is 0 Å². The summed E-state index contributed by atoms with van der Waals surface area (Å²) in [6.45, 7) is 0.134. The summed E-state index contributed by atoms with van der Waals surface area (Å²) in [6, 6.07) is 7.39. The molecule has 0 fully saturated rings. The number of hydrogen-bond acceptors (Lipinski definition) is 3. The summed E-state index contributed by atoms with van der Waals surface area (Å²) in [5.74, 6) is 0. The van der Waals surface area contributed by atoms with Crippen LogP contribution in [-0.2, 0) is 0 Å². The molecule has 0 saturated heterocycles. The van der Waals surface area contributed by atoms with Crippen LogP contribution in [0.4, 0.5) is 0 Å². The van der Waals surface area contributed by atoms with Gasteiger partial charge in [-0.1, -0.05) is 23.7 Å². The molecule has 0 radical (unpaired) electrons. The highest BCUT2D eigenvalue weighted by atomic mass is 35.5. The van der Waals surface area contributed by atoms with Crippen molar-refractivity contribution in [3.8, 4) is 0 Å². The first kappa shape index (κ1) is 10.4. The normalized spacial score (nSPS) is 13.0. The molecule has 0 saturated carbocycles. The van der Waals surface area contributed by atoms with E-state index in [0.717, 1.165) is 5.39 Å². The summed E-state index contributed by atoms with van der Waals surface area (Å²) >= 11 is 6.02. The lowest BCUT2D eigenvalue weighted by Gasteiger charge is -2.12. The average molecular weight is 223 g/mol. The van der Waals surface area contributed by atoms with Gasteiger partial charge in [0.2, 0.25) is 0 Å². The van der Waals surface area contributed by atoms with Crippen LogP contribution in [0.25, 0.3) is 10.9 Å². The second kappa shape index (κ2) is 4.14. The monoisotopic (exact) mass is 222 g/mol. The molecule has 0 bridgehead atoms. The van der Waals surface area contributed by atoms with Crippen molar-refractivity contribution in [2.24, 2.45) is 5.73 Å². The number of aliphatic hydroxyl groups excluding tert-OH is 1. The fraction of sp³-hybridized carbons (Fsp3) is 0.182. The van der Waals surface area contributed by atoms with E-state index in [1.165, 1.54) is 0 Å². The Morgan fingerprint density at radius 3 is 2.93 bits per heavy atom. The highest BCUT2D eigenvalue weighted by Gasteiger charge is 2.14. The van der Waals surface area contributed by atoms with Crippen LogP contribution in [0.15, 0.2) is 30.5 Å². The lowest BCUT2D eigenvalue weighted by molar-refractivity contribution is 0.188. The summed E-state index contributed by atoms with van der Waals surface area (Å²) in [7, 11) is 0. The molecule has 15 heavy (non-hydrogen) atoms. The van der Waals surface area contributed by atoms with E-state index in [9.17, 15) is 5.11 Å². The molecule has 2 aromatic rings. The minimum Gasteiger partial charge on any atom is -0.387 e. The van der Waals surface area contributed by atoms with Crippen molar-refractivity contribution < 1.29 is 5.11 Å². The molecule has 1 atom stereocenters. The molecule has 1 heterocycles. The molecular weight excluding hydrogens is 212 g/mol. The molecule has 1 aromatic heterocycles. The van der Waals surface area contributed by atoms with Gasteiger partial charge in [0.05, 0.1) is 11.6 Å². The standard InChI is InChI=1S/C11H11ClN2O/c12-8-4-3-7-2-1-5-14-11(7)10(8)9(15)6-13/h1-5,9,15H,6,13H2/t9-/m0/s1. The van der Waals surface area contributed by atoms with E-state index >= 15 is 0 Å². The van der Waals surface area contributed by atoms with Crippen molar-refractivity contribution in [2.75, 3.05) is 6.54 Å². The third-order valence-corrected chi connectivity index (χ3v) is 2.65. The predicted octanol–water partition coefficient (Wildman–Crippen LogP) is 1.88. The minimum atomic E-state index is -0.768. The second-order valence-corrected chi connectivity index (χ2v) is 3.69. The predicted molar refractivity (Wildman–Crippen MR) is 60.8 cm³/mol. The number of nitrogens with zero attached hydrogens (tertiary/aromatic N) is 1. The first-order valence-electron chi connectivity index (χ1n) is 4.65. The van der Waals surface area contributed by atoms with Crippen LogP contribution in [0.3, 0.4) is 0 Å². The highest BCUT2D eigenvalue weighted by Crippen LogP contribution is 2.29. The van der Waals surface area contributed by atoms with E-state index in [1.807, 2.05) is 18.2 Å². The minimum absolute atomic E-state index is 0.134. The van der Waals surface area contributed by atoms with Crippen LogP contribution in [0.1, 0.15) is 11.7 Å². The van der Waals surface area contributed by atoms with Crippen LogP contribution in [0.2, 0.25) is 5.02 Å². The number of aromatic nitrogens is 1. The zero-order valence-corrected chi connectivity index (χ0v) is 8.78. The van der Waals surface area contributed by atoms with Crippen LogP contribution >= 0.6 is 11.6 Å². The van der Waals surface area contributed by atoms with Gasteiger partial charge in [0, 0.05) is 28.7 Å². The SMILES string of the molecule is NC[C@H](O)c1c(Cl)ccc2cccnc12. The van der Waals surface area contributed by atoms with Crippen LogP contribution < -0.4 is 5.73 Å². The fourth-order valence-corrected chi connectivity index (χ4v) is 1.86. The zero-order chi connectivity index (χ0) is 10.8. The van der Waals surface area contributed by atoms with Crippen molar-refractivity contribution in [1.29, 1.82) is 0 Å². The fourth-order valence-electron chi connectivity index (χ4n) is 1.58. The first-order chi connectivity index (χ1) is 7.24. The number of hydrogen-bond donors (Lipinski definition) is 2. The van der Waals surface area contributed by atoms with Gasteiger partial charge in [-0.25, -0.2) is 0 Å². The van der Waals surface area contributed by atoms with E-state index in [1.54, 1.807) is 12.3 Å². The lowest BCUT2D eigenvalue weighted by Crippen LogP contribution is -2.12. The number of nitrogens with two attached hydrogens (primary N) is 1. The van der Waals surface area contributed by atoms with Crippen molar-refractivity contribution in [1.82, 2.24) is 4.98 Å². The van der Waals surface area contributed by atoms with Crippen molar-refractivity contribution in [3.05, 3.63) is 41.0 Å². The smallest absolute Gasteiger partial charge is 0.0947 e. The maximum absolute atomic E-state index is 9.76. The average Bonchev–Trinajstić information content (AvgIpc) is 2.28. The van der Waals surface area contributed by atoms with Crippen LogP contribution in [0, 0.1) is 0 Å². The molecule has 0 aliphatic heterocycles. The summed E-state index contributed by atoms with van der Waals surface area (Å²) in [5.41, 5.74) is 6.75. The van der Waals surface area contributed by atoms with Crippen LogP contribution in [-0.4, -0.2) is 16.6 Å². The highest BCUT2D eigenvalue weighted by molar-refractivity contribution is 6.32. The van der Waals surface area contributed by atoms with Gasteiger partial charge in [-0.15, -0.1) is 0 Å². The van der Waals surface area contributed by atoms with E-state index in [2.05, 4.69) is 4.98 Å². The Morgan fingerprint density at radius 1 is 1.40 bits per heavy atom. The zero-order valence-electron chi connectivity index (χ0n) is 8.02. The number of pyridine rings is 1. The summed E-state index contributed by atoms with van der Waals surface area (Å²) in [6.07, 6.45) is 0.905. The van der Waals surface area contributed by atoms with Gasteiger partial charge in [-0.05, 0) is 12.1 Å². The summed E-state index contributed by atoms with van der Waals surface area (Å²) in [4.78, 5) is 4.21. The maximum Gasteiger partial charge on any atom is 0.0947 e. The topological polar surface area (TPSA) is 59.1 Å². The molecule has 1 aromatic carbocycles.